The number of aromatic carboxylic acids is 1. The van der Waals surface area contributed by atoms with Gasteiger partial charge in [-0.05, 0) is 110 Å². The fraction of sp³-hybridized carbons (Fsp3) is 0.484. The average molecular weight is 488 g/mol. The Labute approximate surface area is 213 Å². The van der Waals surface area contributed by atoms with Crippen LogP contribution in [0.4, 0.5) is 0 Å². The maximum atomic E-state index is 12.2. The van der Waals surface area contributed by atoms with Crippen LogP contribution in [0, 0.1) is 17.8 Å². The van der Waals surface area contributed by atoms with Gasteiger partial charge in [0.15, 0.2) is 6.10 Å². The third-order valence-electron chi connectivity index (χ3n) is 8.65. The molecule has 0 heterocycles. The van der Waals surface area contributed by atoms with Gasteiger partial charge in [0.25, 0.3) is 5.91 Å². The van der Waals surface area contributed by atoms with Crippen LogP contribution in [0.3, 0.4) is 0 Å². The monoisotopic (exact) mass is 487 g/mol. The Hall–Kier alpha value is -3.08. The molecule has 190 valence electrons. The molecule has 36 heavy (non-hydrogen) atoms. The van der Waals surface area contributed by atoms with Crippen molar-refractivity contribution >= 4 is 24.0 Å². The second-order valence-corrected chi connectivity index (χ2v) is 11.4. The Bertz CT molecular complexity index is 1110. The molecule has 3 N–H and O–H groups in total. The summed E-state index contributed by atoms with van der Waals surface area (Å²) in [7, 11) is 0. The zero-order valence-electron chi connectivity index (χ0n) is 21.1. The van der Waals surface area contributed by atoms with Gasteiger partial charge in [-0.3, -0.25) is 4.79 Å². The minimum atomic E-state index is -0.922. The number of unbranched alkanes of at least 4 members (excludes halogenated alkanes) is 1. The summed E-state index contributed by atoms with van der Waals surface area (Å²) in [6, 6.07) is 13.2. The van der Waals surface area contributed by atoms with E-state index in [9.17, 15) is 9.59 Å². The quantitative estimate of drug-likeness (QED) is 0.377. The number of carbonyl (C=O) groups excluding carboxylic acids is 1. The molecule has 5 nitrogen and oxygen atoms in total. The van der Waals surface area contributed by atoms with Crippen LogP contribution in [0.2, 0.25) is 0 Å². The fourth-order valence-electron chi connectivity index (χ4n) is 7.34. The lowest BCUT2D eigenvalue weighted by Crippen LogP contribution is -2.48. The van der Waals surface area contributed by atoms with E-state index < -0.39 is 18.0 Å². The summed E-state index contributed by atoms with van der Waals surface area (Å²) in [6.07, 6.45) is 13.7. The fourth-order valence-corrected chi connectivity index (χ4v) is 7.34. The van der Waals surface area contributed by atoms with E-state index in [1.54, 1.807) is 12.1 Å². The maximum absolute atomic E-state index is 12.2. The van der Waals surface area contributed by atoms with Crippen molar-refractivity contribution in [3.63, 3.8) is 0 Å². The molecule has 0 aromatic heterocycles. The molecule has 4 bridgehead atoms. The highest BCUT2D eigenvalue weighted by atomic mass is 16.5. The molecular weight excluding hydrogens is 450 g/mol. The van der Waals surface area contributed by atoms with Crippen LogP contribution in [0.5, 0.6) is 5.75 Å². The van der Waals surface area contributed by atoms with Gasteiger partial charge in [0.1, 0.15) is 5.75 Å². The smallest absolute Gasteiger partial charge is 0.335 e. The van der Waals surface area contributed by atoms with E-state index >= 15 is 0 Å². The van der Waals surface area contributed by atoms with Crippen LogP contribution in [-0.2, 0) is 10.2 Å². The van der Waals surface area contributed by atoms with E-state index in [4.69, 9.17) is 15.6 Å². The van der Waals surface area contributed by atoms with Crippen LogP contribution in [0.15, 0.2) is 42.5 Å². The second kappa shape index (κ2) is 10.1. The Morgan fingerprint density at radius 3 is 2.14 bits per heavy atom. The van der Waals surface area contributed by atoms with Crippen molar-refractivity contribution in [2.24, 2.45) is 23.5 Å². The van der Waals surface area contributed by atoms with E-state index in [1.807, 2.05) is 30.3 Å². The largest absolute Gasteiger partial charge is 0.480 e. The number of amides is 1. The SMILES string of the molecule is CCCCC(Oc1ccc(/C=C/c2ccc(C(=O)O)cc2)cc1C12CC3CC(CC(C3)C1)C2)C(N)=O. The normalized spacial score (nSPS) is 27.3. The van der Waals surface area contributed by atoms with E-state index in [-0.39, 0.29) is 11.0 Å². The number of carbonyl (C=O) groups is 2. The number of hydrogen-bond donors (Lipinski definition) is 2. The average Bonchev–Trinajstić information content (AvgIpc) is 2.85. The van der Waals surface area contributed by atoms with Gasteiger partial charge in [-0.2, -0.15) is 0 Å². The predicted molar refractivity (Wildman–Crippen MR) is 142 cm³/mol. The third-order valence-corrected chi connectivity index (χ3v) is 8.65. The summed E-state index contributed by atoms with van der Waals surface area (Å²) in [4.78, 5) is 23.4. The molecule has 4 fully saturated rings. The van der Waals surface area contributed by atoms with Crippen molar-refractivity contribution in [3.05, 3.63) is 64.7 Å². The minimum Gasteiger partial charge on any atom is -0.480 e. The first-order valence-electron chi connectivity index (χ1n) is 13.5. The van der Waals surface area contributed by atoms with E-state index in [0.717, 1.165) is 47.5 Å². The molecule has 4 aliphatic carbocycles. The van der Waals surface area contributed by atoms with Gasteiger partial charge in [0, 0.05) is 5.56 Å². The predicted octanol–water partition coefficient (Wildman–Crippen LogP) is 6.45. The Balaban J connectivity index is 1.47. The molecule has 4 saturated carbocycles. The Kier molecular flexibility index (Phi) is 6.92. The highest BCUT2D eigenvalue weighted by Gasteiger charge is 2.52. The van der Waals surface area contributed by atoms with Gasteiger partial charge in [-0.15, -0.1) is 0 Å². The lowest BCUT2D eigenvalue weighted by Gasteiger charge is -2.57. The number of carboxylic acid groups (broad SMARTS) is 1. The van der Waals surface area contributed by atoms with Crippen LogP contribution >= 0.6 is 0 Å². The summed E-state index contributed by atoms with van der Waals surface area (Å²) < 4.78 is 6.40. The molecule has 1 amide bonds. The molecule has 0 aliphatic heterocycles. The van der Waals surface area contributed by atoms with Crippen molar-refractivity contribution in [2.75, 3.05) is 0 Å². The molecule has 2 aromatic carbocycles. The molecule has 0 spiro atoms. The summed E-state index contributed by atoms with van der Waals surface area (Å²) in [5, 5.41) is 9.14. The molecule has 2 aromatic rings. The van der Waals surface area contributed by atoms with Gasteiger partial charge in [-0.1, -0.05) is 43.7 Å². The summed E-state index contributed by atoms with van der Waals surface area (Å²) in [5.74, 6) is 1.89. The molecule has 1 unspecified atom stereocenters. The summed E-state index contributed by atoms with van der Waals surface area (Å²) in [5.41, 5.74) is 9.41. The van der Waals surface area contributed by atoms with E-state index in [2.05, 4.69) is 19.1 Å². The second-order valence-electron chi connectivity index (χ2n) is 11.4. The topological polar surface area (TPSA) is 89.6 Å². The van der Waals surface area contributed by atoms with Gasteiger partial charge < -0.3 is 15.6 Å². The maximum Gasteiger partial charge on any atom is 0.335 e. The molecule has 0 radical (unpaired) electrons. The molecule has 6 rings (SSSR count). The zero-order chi connectivity index (χ0) is 25.3. The number of carboxylic acids is 1. The zero-order valence-corrected chi connectivity index (χ0v) is 21.1. The summed E-state index contributed by atoms with van der Waals surface area (Å²) >= 11 is 0. The highest BCUT2D eigenvalue weighted by Crippen LogP contribution is 2.62. The molecule has 4 aliphatic rings. The van der Waals surface area contributed by atoms with Crippen molar-refractivity contribution in [1.29, 1.82) is 0 Å². The standard InChI is InChI=1S/C31H37NO4/c1-2-3-4-28(29(32)33)36-27-12-9-21(6-5-20-7-10-25(11-8-20)30(34)35)16-26(27)31-17-22-13-23(18-31)15-24(14-22)19-31/h5-12,16,22-24,28H,2-4,13-15,17-19H2,1H3,(H2,32,33)(H,34,35)/b6-5+. The third kappa shape index (κ3) is 5.07. The lowest BCUT2D eigenvalue weighted by atomic mass is 9.48. The highest BCUT2D eigenvalue weighted by molar-refractivity contribution is 5.88. The number of primary amides is 1. The van der Waals surface area contributed by atoms with Crippen LogP contribution in [0.1, 0.15) is 91.8 Å². The van der Waals surface area contributed by atoms with Gasteiger partial charge >= 0.3 is 5.97 Å². The summed E-state index contributed by atoms with van der Waals surface area (Å²) in [6.45, 7) is 2.11. The molecular formula is C31H37NO4. The van der Waals surface area contributed by atoms with Crippen LogP contribution < -0.4 is 10.5 Å². The molecule has 0 saturated heterocycles. The van der Waals surface area contributed by atoms with Crippen molar-refractivity contribution in [2.45, 2.75) is 76.2 Å². The van der Waals surface area contributed by atoms with Gasteiger partial charge in [0.2, 0.25) is 0 Å². The first-order chi connectivity index (χ1) is 17.3. The van der Waals surface area contributed by atoms with Crippen molar-refractivity contribution < 1.29 is 19.4 Å². The van der Waals surface area contributed by atoms with E-state index in [1.165, 1.54) is 44.1 Å². The Morgan fingerprint density at radius 2 is 1.58 bits per heavy atom. The van der Waals surface area contributed by atoms with Gasteiger partial charge in [-0.25, -0.2) is 4.79 Å². The van der Waals surface area contributed by atoms with E-state index in [0.29, 0.717) is 6.42 Å². The molecule has 5 heteroatoms. The van der Waals surface area contributed by atoms with Crippen molar-refractivity contribution in [1.82, 2.24) is 0 Å². The van der Waals surface area contributed by atoms with Gasteiger partial charge in [0.05, 0.1) is 5.56 Å². The molecule has 1 atom stereocenters. The van der Waals surface area contributed by atoms with Crippen LogP contribution in [0.25, 0.3) is 12.2 Å². The number of rotatable bonds is 10. The van der Waals surface area contributed by atoms with Crippen LogP contribution in [-0.4, -0.2) is 23.1 Å². The number of ether oxygens (including phenoxy) is 1. The van der Waals surface area contributed by atoms with Crippen molar-refractivity contribution in [3.8, 4) is 5.75 Å². The minimum absolute atomic E-state index is 0.115. The number of hydrogen-bond acceptors (Lipinski definition) is 3. The Morgan fingerprint density at radius 1 is 1.00 bits per heavy atom. The first-order valence-corrected chi connectivity index (χ1v) is 13.5. The first kappa shape index (κ1) is 24.6. The lowest BCUT2D eigenvalue weighted by molar-refractivity contribution is -0.125. The number of benzene rings is 2. The number of nitrogens with two attached hydrogens (primary N) is 1.